The van der Waals surface area contributed by atoms with Crippen molar-refractivity contribution in [2.24, 2.45) is 5.92 Å². The molecule has 1 rings (SSSR count). The Kier molecular flexibility index (Phi) is 5.00. The van der Waals surface area contributed by atoms with Crippen LogP contribution in [0.3, 0.4) is 0 Å². The normalized spacial score (nSPS) is 11.2. The van der Waals surface area contributed by atoms with Crippen molar-refractivity contribution in [1.29, 1.82) is 0 Å². The van der Waals surface area contributed by atoms with Gasteiger partial charge in [0.2, 0.25) is 0 Å². The summed E-state index contributed by atoms with van der Waals surface area (Å²) in [5, 5.41) is 0. The molecule has 1 aromatic heterocycles. The first-order valence-corrected chi connectivity index (χ1v) is 6.21. The lowest BCUT2D eigenvalue weighted by molar-refractivity contribution is 0.565. The van der Waals surface area contributed by atoms with Crippen molar-refractivity contribution in [2.45, 2.75) is 39.6 Å². The van der Waals surface area contributed by atoms with E-state index in [0.29, 0.717) is 17.8 Å². The van der Waals surface area contributed by atoms with E-state index in [2.05, 4.69) is 42.6 Å². The monoisotopic (exact) mass is 241 g/mol. The zero-order chi connectivity index (χ0) is 12.1. The lowest BCUT2D eigenvalue weighted by Gasteiger charge is -2.29. The zero-order valence-electron chi connectivity index (χ0n) is 10.4. The summed E-state index contributed by atoms with van der Waals surface area (Å²) in [4.78, 5) is 10.9. The SMILES string of the molecule is CC(C)CN(c1cnc(CCl)cn1)C(C)C. The van der Waals surface area contributed by atoms with E-state index in [-0.39, 0.29) is 0 Å². The largest absolute Gasteiger partial charge is 0.353 e. The molecule has 0 bridgehead atoms. The van der Waals surface area contributed by atoms with Crippen LogP contribution >= 0.6 is 11.6 Å². The Labute approximate surface area is 103 Å². The topological polar surface area (TPSA) is 29.0 Å². The number of halogens is 1. The molecule has 0 aliphatic rings. The predicted molar refractivity (Wildman–Crippen MR) is 68.9 cm³/mol. The Morgan fingerprint density at radius 1 is 1.19 bits per heavy atom. The molecule has 0 amide bonds. The zero-order valence-corrected chi connectivity index (χ0v) is 11.2. The third-order valence-corrected chi connectivity index (χ3v) is 2.58. The van der Waals surface area contributed by atoms with E-state index in [0.717, 1.165) is 18.1 Å². The molecule has 0 atom stereocenters. The summed E-state index contributed by atoms with van der Waals surface area (Å²) in [7, 11) is 0. The Hall–Kier alpha value is -0.830. The smallest absolute Gasteiger partial charge is 0.147 e. The van der Waals surface area contributed by atoms with Gasteiger partial charge in [-0.2, -0.15) is 0 Å². The Bertz CT molecular complexity index is 309. The molecule has 1 aromatic rings. The molecule has 0 fully saturated rings. The highest BCUT2D eigenvalue weighted by Crippen LogP contribution is 2.15. The minimum absolute atomic E-state index is 0.416. The predicted octanol–water partition coefficient (Wildman–Crippen LogP) is 3.09. The van der Waals surface area contributed by atoms with Gasteiger partial charge in [0.25, 0.3) is 0 Å². The summed E-state index contributed by atoms with van der Waals surface area (Å²) in [6, 6.07) is 0.429. The van der Waals surface area contributed by atoms with E-state index in [9.17, 15) is 0 Å². The maximum Gasteiger partial charge on any atom is 0.147 e. The lowest BCUT2D eigenvalue weighted by Crippen LogP contribution is -2.34. The lowest BCUT2D eigenvalue weighted by atomic mass is 10.2. The molecule has 0 aliphatic carbocycles. The fourth-order valence-electron chi connectivity index (χ4n) is 1.53. The third kappa shape index (κ3) is 3.63. The molecule has 0 saturated heterocycles. The summed E-state index contributed by atoms with van der Waals surface area (Å²) in [5.74, 6) is 1.95. The molecule has 16 heavy (non-hydrogen) atoms. The Balaban J connectivity index is 2.84. The van der Waals surface area contributed by atoms with Crippen LogP contribution < -0.4 is 4.90 Å². The second-order valence-corrected chi connectivity index (χ2v) is 4.91. The van der Waals surface area contributed by atoms with Gasteiger partial charge < -0.3 is 4.90 Å². The van der Waals surface area contributed by atoms with Gasteiger partial charge in [0.15, 0.2) is 0 Å². The van der Waals surface area contributed by atoms with E-state index < -0.39 is 0 Å². The van der Waals surface area contributed by atoms with E-state index >= 15 is 0 Å². The maximum atomic E-state index is 5.69. The summed E-state index contributed by atoms with van der Waals surface area (Å²) in [6.07, 6.45) is 3.55. The van der Waals surface area contributed by atoms with Crippen molar-refractivity contribution in [2.75, 3.05) is 11.4 Å². The second-order valence-electron chi connectivity index (χ2n) is 4.64. The van der Waals surface area contributed by atoms with Crippen molar-refractivity contribution in [1.82, 2.24) is 9.97 Å². The highest BCUT2D eigenvalue weighted by Gasteiger charge is 2.13. The van der Waals surface area contributed by atoms with Crippen LogP contribution in [0.25, 0.3) is 0 Å². The van der Waals surface area contributed by atoms with Gasteiger partial charge in [-0.3, -0.25) is 4.98 Å². The van der Waals surface area contributed by atoms with Crippen LogP contribution in [0.5, 0.6) is 0 Å². The summed E-state index contributed by atoms with van der Waals surface area (Å²) < 4.78 is 0. The molecule has 0 aliphatic heterocycles. The van der Waals surface area contributed by atoms with Crippen molar-refractivity contribution in [3.8, 4) is 0 Å². The molecule has 0 radical (unpaired) electrons. The minimum atomic E-state index is 0.416. The van der Waals surface area contributed by atoms with Gasteiger partial charge in [0.1, 0.15) is 5.82 Å². The van der Waals surface area contributed by atoms with Gasteiger partial charge in [-0.25, -0.2) is 4.98 Å². The Morgan fingerprint density at radius 3 is 2.25 bits per heavy atom. The first-order valence-electron chi connectivity index (χ1n) is 5.68. The number of hydrogen-bond donors (Lipinski definition) is 0. The quantitative estimate of drug-likeness (QED) is 0.742. The van der Waals surface area contributed by atoms with Crippen LogP contribution in [0, 0.1) is 5.92 Å². The number of nitrogens with zero attached hydrogens (tertiary/aromatic N) is 3. The number of anilines is 1. The first kappa shape index (κ1) is 13.2. The summed E-state index contributed by atoms with van der Waals surface area (Å²) in [6.45, 7) is 9.73. The third-order valence-electron chi connectivity index (χ3n) is 2.31. The molecule has 0 aromatic carbocycles. The molecule has 4 heteroatoms. The van der Waals surface area contributed by atoms with Crippen molar-refractivity contribution >= 4 is 17.4 Å². The maximum absolute atomic E-state index is 5.69. The summed E-state index contributed by atoms with van der Waals surface area (Å²) >= 11 is 5.69. The summed E-state index contributed by atoms with van der Waals surface area (Å²) in [5.41, 5.74) is 0.818. The van der Waals surface area contributed by atoms with Crippen molar-refractivity contribution in [3.05, 3.63) is 18.1 Å². The number of alkyl halides is 1. The second kappa shape index (κ2) is 6.04. The molecule has 1 heterocycles. The van der Waals surface area contributed by atoms with E-state index in [1.807, 2.05) is 0 Å². The van der Waals surface area contributed by atoms with Gasteiger partial charge in [-0.15, -0.1) is 11.6 Å². The van der Waals surface area contributed by atoms with Crippen LogP contribution in [0.4, 0.5) is 5.82 Å². The fraction of sp³-hybridized carbons (Fsp3) is 0.667. The number of hydrogen-bond acceptors (Lipinski definition) is 3. The number of rotatable bonds is 5. The van der Waals surface area contributed by atoms with Crippen LogP contribution in [0.2, 0.25) is 0 Å². The molecular formula is C12H20ClN3. The van der Waals surface area contributed by atoms with E-state index in [1.54, 1.807) is 12.4 Å². The van der Waals surface area contributed by atoms with Crippen molar-refractivity contribution < 1.29 is 0 Å². The highest BCUT2D eigenvalue weighted by atomic mass is 35.5. The van der Waals surface area contributed by atoms with Gasteiger partial charge >= 0.3 is 0 Å². The van der Waals surface area contributed by atoms with Gasteiger partial charge in [0, 0.05) is 12.6 Å². The molecule has 0 saturated carbocycles. The average molecular weight is 242 g/mol. The molecular weight excluding hydrogens is 222 g/mol. The standard InChI is InChI=1S/C12H20ClN3/c1-9(2)8-16(10(3)4)12-7-14-11(5-13)6-15-12/h6-7,9-10H,5,8H2,1-4H3. The molecule has 0 N–H and O–H groups in total. The van der Waals surface area contributed by atoms with Crippen LogP contribution in [-0.4, -0.2) is 22.6 Å². The number of aromatic nitrogens is 2. The van der Waals surface area contributed by atoms with E-state index in [1.165, 1.54) is 0 Å². The van der Waals surface area contributed by atoms with Crippen LogP contribution in [-0.2, 0) is 5.88 Å². The molecule has 3 nitrogen and oxygen atoms in total. The van der Waals surface area contributed by atoms with Gasteiger partial charge in [0.05, 0.1) is 24.0 Å². The average Bonchev–Trinajstić information content (AvgIpc) is 2.25. The minimum Gasteiger partial charge on any atom is -0.353 e. The Morgan fingerprint density at radius 2 is 1.88 bits per heavy atom. The molecule has 0 unspecified atom stereocenters. The molecule has 90 valence electrons. The van der Waals surface area contributed by atoms with Crippen LogP contribution in [0.15, 0.2) is 12.4 Å². The fourth-order valence-corrected chi connectivity index (χ4v) is 1.67. The highest BCUT2D eigenvalue weighted by molar-refractivity contribution is 6.16. The van der Waals surface area contributed by atoms with Gasteiger partial charge in [-0.05, 0) is 19.8 Å². The first-order chi connectivity index (χ1) is 7.54. The van der Waals surface area contributed by atoms with E-state index in [4.69, 9.17) is 11.6 Å². The van der Waals surface area contributed by atoms with Crippen molar-refractivity contribution in [3.63, 3.8) is 0 Å². The molecule has 0 spiro atoms. The van der Waals surface area contributed by atoms with Gasteiger partial charge in [-0.1, -0.05) is 13.8 Å². The van der Waals surface area contributed by atoms with Crippen LogP contribution in [0.1, 0.15) is 33.4 Å².